The fourth-order valence-corrected chi connectivity index (χ4v) is 5.27. The molecule has 0 spiro atoms. The Bertz CT molecular complexity index is 222. The van der Waals surface area contributed by atoms with E-state index in [-0.39, 0.29) is 0 Å². The van der Waals surface area contributed by atoms with E-state index in [2.05, 4.69) is 25.6 Å². The third-order valence-corrected chi connectivity index (χ3v) is 7.96. The first kappa shape index (κ1) is 9.79. The highest BCUT2D eigenvalue weighted by molar-refractivity contribution is 7.19. The highest BCUT2D eigenvalue weighted by atomic mass is 35.6. The molecule has 2 aliphatic rings. The molecule has 0 radical (unpaired) electrons. The van der Waals surface area contributed by atoms with Crippen LogP contribution in [0.2, 0.25) is 18.6 Å². The Morgan fingerprint density at radius 3 is 2.62 bits per heavy atom. The van der Waals surface area contributed by atoms with Crippen molar-refractivity contribution in [3.63, 3.8) is 0 Å². The molecule has 4 atom stereocenters. The van der Waals surface area contributed by atoms with Crippen molar-refractivity contribution >= 4 is 18.5 Å². The standard InChI is InChI=1S/C11H19ClSi/c1-3-13(2,12)8-11-7-9-4-5-10(11)6-9/h4-5,9-11H,3,6-8H2,1-2H3/t9-,10-,11-,13?/m0/s1. The van der Waals surface area contributed by atoms with Gasteiger partial charge in [-0.05, 0) is 42.7 Å². The van der Waals surface area contributed by atoms with Crippen molar-refractivity contribution in [2.75, 3.05) is 0 Å². The van der Waals surface area contributed by atoms with Gasteiger partial charge in [0.25, 0.3) is 0 Å². The first-order chi connectivity index (χ1) is 6.11. The third-order valence-electron chi connectivity index (χ3n) is 3.84. The van der Waals surface area contributed by atoms with Crippen molar-refractivity contribution in [1.29, 1.82) is 0 Å². The number of rotatable bonds is 3. The number of fused-ring (bicyclic) bond motifs is 2. The van der Waals surface area contributed by atoms with Crippen LogP contribution in [0.15, 0.2) is 12.2 Å². The SMILES string of the molecule is CC[Si](C)(Cl)C[C@@H]1C[C@H]2C=C[C@H]1C2. The molecule has 13 heavy (non-hydrogen) atoms. The Morgan fingerprint density at radius 1 is 1.38 bits per heavy atom. The Kier molecular flexibility index (Phi) is 2.58. The first-order valence-electron chi connectivity index (χ1n) is 5.48. The van der Waals surface area contributed by atoms with Crippen LogP contribution in [0, 0.1) is 17.8 Å². The zero-order chi connectivity index (χ0) is 9.47. The monoisotopic (exact) mass is 214 g/mol. The summed E-state index contributed by atoms with van der Waals surface area (Å²) in [4.78, 5) is 0. The van der Waals surface area contributed by atoms with Gasteiger partial charge in [-0.3, -0.25) is 0 Å². The highest BCUT2D eigenvalue weighted by Crippen LogP contribution is 2.47. The van der Waals surface area contributed by atoms with Gasteiger partial charge in [-0.1, -0.05) is 25.6 Å². The van der Waals surface area contributed by atoms with Crippen LogP contribution in [0.4, 0.5) is 0 Å². The molecule has 0 heterocycles. The molecule has 2 aliphatic carbocycles. The summed E-state index contributed by atoms with van der Waals surface area (Å²) in [6.45, 7) is 4.58. The third kappa shape index (κ3) is 2.02. The average Bonchev–Trinajstić information content (AvgIpc) is 2.64. The Hall–Kier alpha value is 0.247. The quantitative estimate of drug-likeness (QED) is 0.378. The molecule has 74 valence electrons. The van der Waals surface area contributed by atoms with Gasteiger partial charge in [-0.2, -0.15) is 11.1 Å². The van der Waals surface area contributed by atoms with Gasteiger partial charge in [0.05, 0.1) is 0 Å². The molecule has 1 unspecified atom stereocenters. The van der Waals surface area contributed by atoms with Gasteiger partial charge in [0, 0.05) is 0 Å². The Morgan fingerprint density at radius 2 is 2.15 bits per heavy atom. The second-order valence-electron chi connectivity index (χ2n) is 5.01. The number of halogens is 1. The lowest BCUT2D eigenvalue weighted by atomic mass is 9.96. The molecule has 0 aliphatic heterocycles. The van der Waals surface area contributed by atoms with E-state index < -0.39 is 7.38 Å². The van der Waals surface area contributed by atoms with E-state index in [0.29, 0.717) is 0 Å². The summed E-state index contributed by atoms with van der Waals surface area (Å²) in [6.07, 6.45) is 7.71. The van der Waals surface area contributed by atoms with Crippen molar-refractivity contribution in [3.8, 4) is 0 Å². The minimum atomic E-state index is -1.34. The first-order valence-corrected chi connectivity index (χ1v) is 9.40. The molecule has 1 fully saturated rings. The minimum Gasteiger partial charge on any atom is -0.167 e. The summed E-state index contributed by atoms with van der Waals surface area (Å²) in [5, 5.41) is 0. The van der Waals surface area contributed by atoms with Crippen molar-refractivity contribution in [2.24, 2.45) is 17.8 Å². The van der Waals surface area contributed by atoms with Gasteiger partial charge in [0.15, 0.2) is 7.38 Å². The lowest BCUT2D eigenvalue weighted by Gasteiger charge is -2.25. The van der Waals surface area contributed by atoms with E-state index in [4.69, 9.17) is 11.1 Å². The fourth-order valence-electron chi connectivity index (χ4n) is 2.82. The fraction of sp³-hybridized carbons (Fsp3) is 0.818. The maximum Gasteiger partial charge on any atom is 0.153 e. The van der Waals surface area contributed by atoms with Crippen LogP contribution in [0.3, 0.4) is 0 Å². The van der Waals surface area contributed by atoms with E-state index in [1.54, 1.807) is 0 Å². The van der Waals surface area contributed by atoms with Gasteiger partial charge >= 0.3 is 0 Å². The summed E-state index contributed by atoms with van der Waals surface area (Å²) in [6, 6.07) is 2.57. The van der Waals surface area contributed by atoms with E-state index in [0.717, 1.165) is 17.8 Å². The zero-order valence-corrected chi connectivity index (χ0v) is 10.3. The van der Waals surface area contributed by atoms with Gasteiger partial charge in [-0.15, -0.1) is 0 Å². The smallest absolute Gasteiger partial charge is 0.153 e. The molecule has 0 aromatic rings. The van der Waals surface area contributed by atoms with Crippen LogP contribution in [-0.2, 0) is 0 Å². The molecular weight excluding hydrogens is 196 g/mol. The number of allylic oxidation sites excluding steroid dienone is 2. The summed E-state index contributed by atoms with van der Waals surface area (Å²) in [5.41, 5.74) is 0. The topological polar surface area (TPSA) is 0 Å². The maximum absolute atomic E-state index is 6.55. The largest absolute Gasteiger partial charge is 0.167 e. The van der Waals surface area contributed by atoms with Crippen LogP contribution >= 0.6 is 11.1 Å². The highest BCUT2D eigenvalue weighted by Gasteiger charge is 2.39. The van der Waals surface area contributed by atoms with Crippen LogP contribution < -0.4 is 0 Å². The Labute approximate surface area is 87.1 Å². The van der Waals surface area contributed by atoms with E-state index in [9.17, 15) is 0 Å². The van der Waals surface area contributed by atoms with E-state index >= 15 is 0 Å². The molecule has 1 saturated carbocycles. The molecule has 0 amide bonds. The molecule has 2 heteroatoms. The van der Waals surface area contributed by atoms with Gasteiger partial charge in [-0.25, -0.2) is 0 Å². The van der Waals surface area contributed by atoms with E-state index in [1.807, 2.05) is 0 Å². The second-order valence-corrected chi connectivity index (χ2v) is 11.7. The summed E-state index contributed by atoms with van der Waals surface area (Å²) < 4.78 is 0. The predicted molar refractivity (Wildman–Crippen MR) is 61.6 cm³/mol. The van der Waals surface area contributed by atoms with Gasteiger partial charge in [0.1, 0.15) is 0 Å². The van der Waals surface area contributed by atoms with Crippen LogP contribution in [0.25, 0.3) is 0 Å². The normalized spacial score (nSPS) is 41.0. The minimum absolute atomic E-state index is 0.891. The molecular formula is C11H19ClSi. The molecule has 0 N–H and O–H groups in total. The van der Waals surface area contributed by atoms with Gasteiger partial charge in [0.2, 0.25) is 0 Å². The van der Waals surface area contributed by atoms with Crippen molar-refractivity contribution in [3.05, 3.63) is 12.2 Å². The molecule has 0 aromatic carbocycles. The van der Waals surface area contributed by atoms with Crippen molar-refractivity contribution in [2.45, 2.75) is 38.4 Å². The summed E-state index contributed by atoms with van der Waals surface area (Å²) in [5.74, 6) is 2.74. The molecule has 0 nitrogen and oxygen atoms in total. The average molecular weight is 215 g/mol. The molecule has 0 saturated heterocycles. The number of hydrogen-bond donors (Lipinski definition) is 0. The van der Waals surface area contributed by atoms with Gasteiger partial charge < -0.3 is 0 Å². The maximum atomic E-state index is 6.55. The van der Waals surface area contributed by atoms with Crippen LogP contribution in [0.5, 0.6) is 0 Å². The van der Waals surface area contributed by atoms with E-state index in [1.165, 1.54) is 24.9 Å². The molecule has 2 bridgehead atoms. The predicted octanol–water partition coefficient (Wildman–Crippen LogP) is 4.03. The second kappa shape index (κ2) is 3.43. The lowest BCUT2D eigenvalue weighted by molar-refractivity contribution is 0.488. The summed E-state index contributed by atoms with van der Waals surface area (Å²) in [7, 11) is -1.34. The van der Waals surface area contributed by atoms with Crippen LogP contribution in [-0.4, -0.2) is 7.38 Å². The van der Waals surface area contributed by atoms with Crippen molar-refractivity contribution in [1.82, 2.24) is 0 Å². The lowest BCUT2D eigenvalue weighted by Crippen LogP contribution is -2.26. The zero-order valence-electron chi connectivity index (χ0n) is 8.59. The molecule has 2 rings (SSSR count). The molecule has 0 aromatic heterocycles. The number of hydrogen-bond acceptors (Lipinski definition) is 0. The van der Waals surface area contributed by atoms with Crippen LogP contribution in [0.1, 0.15) is 19.8 Å². The van der Waals surface area contributed by atoms with Crippen molar-refractivity contribution < 1.29 is 0 Å². The Balaban J connectivity index is 1.94. The summed E-state index contributed by atoms with van der Waals surface area (Å²) >= 11 is 6.55.